The molecular formula is C19H19N3O3. The minimum Gasteiger partial charge on any atom is -0.484 e. The van der Waals surface area contributed by atoms with E-state index in [2.05, 4.69) is 15.5 Å². The fourth-order valence-corrected chi connectivity index (χ4v) is 2.32. The Bertz CT molecular complexity index is 831. The van der Waals surface area contributed by atoms with Crippen LogP contribution in [0.15, 0.2) is 59.1 Å². The van der Waals surface area contributed by atoms with E-state index in [4.69, 9.17) is 9.26 Å². The van der Waals surface area contributed by atoms with E-state index in [1.165, 1.54) is 0 Å². The van der Waals surface area contributed by atoms with Gasteiger partial charge in [0.15, 0.2) is 6.61 Å². The van der Waals surface area contributed by atoms with Crippen LogP contribution in [0.5, 0.6) is 5.75 Å². The third kappa shape index (κ3) is 4.67. The van der Waals surface area contributed by atoms with E-state index in [0.29, 0.717) is 30.4 Å². The second-order valence-electron chi connectivity index (χ2n) is 5.53. The molecule has 0 spiro atoms. The minimum absolute atomic E-state index is 0.0255. The van der Waals surface area contributed by atoms with E-state index in [0.717, 1.165) is 11.1 Å². The summed E-state index contributed by atoms with van der Waals surface area (Å²) in [6.07, 6.45) is 0.468. The first-order chi connectivity index (χ1) is 12.2. The number of para-hydroxylation sites is 1. The molecule has 0 aliphatic heterocycles. The van der Waals surface area contributed by atoms with Gasteiger partial charge >= 0.3 is 0 Å². The van der Waals surface area contributed by atoms with Gasteiger partial charge in [0.05, 0.1) is 0 Å². The quantitative estimate of drug-likeness (QED) is 0.717. The van der Waals surface area contributed by atoms with Crippen molar-refractivity contribution in [2.75, 3.05) is 13.2 Å². The summed E-state index contributed by atoms with van der Waals surface area (Å²) in [5, 5.41) is 6.77. The number of aromatic nitrogens is 2. The topological polar surface area (TPSA) is 77.2 Å². The Balaban J connectivity index is 1.45. The molecule has 3 rings (SSSR count). The lowest BCUT2D eigenvalue weighted by molar-refractivity contribution is -0.123. The molecule has 0 aliphatic carbocycles. The van der Waals surface area contributed by atoms with Crippen LogP contribution in [0, 0.1) is 6.92 Å². The van der Waals surface area contributed by atoms with Crippen LogP contribution >= 0.6 is 0 Å². The Hall–Kier alpha value is -3.15. The van der Waals surface area contributed by atoms with Crippen molar-refractivity contribution in [3.05, 3.63) is 66.1 Å². The van der Waals surface area contributed by atoms with Crippen LogP contribution in [-0.2, 0) is 11.2 Å². The summed E-state index contributed by atoms with van der Waals surface area (Å²) in [4.78, 5) is 16.1. The number of ether oxygens (including phenoxy) is 1. The van der Waals surface area contributed by atoms with E-state index < -0.39 is 0 Å². The van der Waals surface area contributed by atoms with E-state index in [9.17, 15) is 4.79 Å². The first kappa shape index (κ1) is 16.7. The molecule has 0 saturated carbocycles. The number of amides is 1. The molecule has 1 heterocycles. The monoisotopic (exact) mass is 337 g/mol. The van der Waals surface area contributed by atoms with Gasteiger partial charge in [0.25, 0.3) is 5.91 Å². The van der Waals surface area contributed by atoms with Crippen LogP contribution < -0.4 is 10.1 Å². The standard InChI is InChI=1S/C19H19N3O3/c1-14-7-5-6-10-16(14)19-21-18(25-22-19)11-12-20-17(23)13-24-15-8-3-2-4-9-15/h2-10H,11-13H2,1H3,(H,20,23). The summed E-state index contributed by atoms with van der Waals surface area (Å²) in [7, 11) is 0. The molecule has 0 radical (unpaired) electrons. The molecule has 128 valence electrons. The molecule has 6 heteroatoms. The molecule has 1 N–H and O–H groups in total. The summed E-state index contributed by atoms with van der Waals surface area (Å²) in [5.41, 5.74) is 2.03. The van der Waals surface area contributed by atoms with Crippen molar-refractivity contribution in [2.24, 2.45) is 0 Å². The summed E-state index contributed by atoms with van der Waals surface area (Å²) in [6, 6.07) is 17.1. The SMILES string of the molecule is Cc1ccccc1-c1noc(CCNC(=O)COc2ccccc2)n1. The molecule has 25 heavy (non-hydrogen) atoms. The molecule has 1 aromatic heterocycles. The van der Waals surface area contributed by atoms with Gasteiger partial charge in [-0.1, -0.05) is 47.6 Å². The average molecular weight is 337 g/mol. The largest absolute Gasteiger partial charge is 0.484 e. The number of aryl methyl sites for hydroxylation is 1. The number of hydrogen-bond donors (Lipinski definition) is 1. The zero-order valence-corrected chi connectivity index (χ0v) is 13.9. The Morgan fingerprint density at radius 1 is 1.12 bits per heavy atom. The van der Waals surface area contributed by atoms with E-state index >= 15 is 0 Å². The van der Waals surface area contributed by atoms with Crippen molar-refractivity contribution in [1.29, 1.82) is 0 Å². The number of nitrogens with zero attached hydrogens (tertiary/aromatic N) is 2. The lowest BCUT2D eigenvalue weighted by atomic mass is 10.1. The first-order valence-corrected chi connectivity index (χ1v) is 8.05. The molecule has 3 aromatic rings. The summed E-state index contributed by atoms with van der Waals surface area (Å²) in [6.45, 7) is 2.38. The number of benzene rings is 2. The summed E-state index contributed by atoms with van der Waals surface area (Å²) in [5.74, 6) is 1.52. The number of carbonyl (C=O) groups is 1. The van der Waals surface area contributed by atoms with E-state index in [1.807, 2.05) is 49.4 Å². The molecule has 2 aromatic carbocycles. The number of nitrogens with one attached hydrogen (secondary N) is 1. The maximum absolute atomic E-state index is 11.8. The Kier molecular flexibility index (Phi) is 5.41. The first-order valence-electron chi connectivity index (χ1n) is 8.05. The molecule has 0 aliphatic rings. The van der Waals surface area contributed by atoms with Gasteiger partial charge in [0, 0.05) is 18.5 Å². The second-order valence-corrected chi connectivity index (χ2v) is 5.53. The fourth-order valence-electron chi connectivity index (χ4n) is 2.32. The van der Waals surface area contributed by atoms with Crippen LogP contribution in [0.4, 0.5) is 0 Å². The highest BCUT2D eigenvalue weighted by molar-refractivity contribution is 5.77. The van der Waals surface area contributed by atoms with Gasteiger partial charge in [-0.05, 0) is 24.6 Å². The molecule has 0 atom stereocenters. The molecule has 0 unspecified atom stereocenters. The summed E-state index contributed by atoms with van der Waals surface area (Å²) < 4.78 is 10.6. The average Bonchev–Trinajstić information content (AvgIpc) is 3.10. The van der Waals surface area contributed by atoms with Crippen LogP contribution in [-0.4, -0.2) is 29.2 Å². The lowest BCUT2D eigenvalue weighted by Crippen LogP contribution is -2.30. The van der Waals surface area contributed by atoms with Gasteiger partial charge in [0.1, 0.15) is 5.75 Å². The molecule has 0 saturated heterocycles. The summed E-state index contributed by atoms with van der Waals surface area (Å²) >= 11 is 0. The van der Waals surface area contributed by atoms with Crippen molar-refractivity contribution < 1.29 is 14.1 Å². The lowest BCUT2D eigenvalue weighted by Gasteiger charge is -2.06. The van der Waals surface area contributed by atoms with Crippen molar-refractivity contribution in [3.8, 4) is 17.1 Å². The molecule has 1 amide bonds. The van der Waals surface area contributed by atoms with Crippen molar-refractivity contribution in [1.82, 2.24) is 15.5 Å². The maximum atomic E-state index is 11.8. The predicted octanol–water partition coefficient (Wildman–Crippen LogP) is 2.78. The van der Waals surface area contributed by atoms with E-state index in [-0.39, 0.29) is 12.5 Å². The van der Waals surface area contributed by atoms with Gasteiger partial charge < -0.3 is 14.6 Å². The second kappa shape index (κ2) is 8.10. The van der Waals surface area contributed by atoms with Crippen LogP contribution in [0.3, 0.4) is 0 Å². The van der Waals surface area contributed by atoms with Crippen LogP contribution in [0.1, 0.15) is 11.5 Å². The zero-order valence-electron chi connectivity index (χ0n) is 13.9. The fraction of sp³-hybridized carbons (Fsp3) is 0.211. The number of hydrogen-bond acceptors (Lipinski definition) is 5. The molecule has 0 bridgehead atoms. The number of carbonyl (C=O) groups excluding carboxylic acids is 1. The Labute approximate surface area is 145 Å². The Morgan fingerprint density at radius 3 is 2.68 bits per heavy atom. The molecule has 6 nitrogen and oxygen atoms in total. The van der Waals surface area contributed by atoms with E-state index in [1.54, 1.807) is 12.1 Å². The highest BCUT2D eigenvalue weighted by atomic mass is 16.5. The smallest absolute Gasteiger partial charge is 0.257 e. The van der Waals surface area contributed by atoms with Gasteiger partial charge in [-0.2, -0.15) is 4.98 Å². The highest BCUT2D eigenvalue weighted by Gasteiger charge is 2.10. The minimum atomic E-state index is -0.192. The van der Waals surface area contributed by atoms with Gasteiger partial charge in [-0.15, -0.1) is 0 Å². The van der Waals surface area contributed by atoms with Gasteiger partial charge in [0.2, 0.25) is 11.7 Å². The molecular weight excluding hydrogens is 318 g/mol. The van der Waals surface area contributed by atoms with Crippen LogP contribution in [0.2, 0.25) is 0 Å². The number of rotatable bonds is 7. The third-order valence-corrected chi connectivity index (χ3v) is 3.63. The van der Waals surface area contributed by atoms with Crippen molar-refractivity contribution in [2.45, 2.75) is 13.3 Å². The highest BCUT2D eigenvalue weighted by Crippen LogP contribution is 2.19. The van der Waals surface area contributed by atoms with Gasteiger partial charge in [-0.3, -0.25) is 4.79 Å². The maximum Gasteiger partial charge on any atom is 0.257 e. The molecule has 0 fully saturated rings. The van der Waals surface area contributed by atoms with Crippen LogP contribution in [0.25, 0.3) is 11.4 Å². The van der Waals surface area contributed by atoms with Gasteiger partial charge in [-0.25, -0.2) is 0 Å². The Morgan fingerprint density at radius 2 is 1.88 bits per heavy atom. The van der Waals surface area contributed by atoms with Crippen molar-refractivity contribution >= 4 is 5.91 Å². The predicted molar refractivity (Wildman–Crippen MR) is 93.1 cm³/mol. The normalized spacial score (nSPS) is 10.4. The third-order valence-electron chi connectivity index (χ3n) is 3.63. The van der Waals surface area contributed by atoms with Crippen molar-refractivity contribution in [3.63, 3.8) is 0 Å². The zero-order chi connectivity index (χ0) is 17.5.